The zero-order valence-corrected chi connectivity index (χ0v) is 34.7. The van der Waals surface area contributed by atoms with Crippen LogP contribution in [-0.4, -0.2) is 101 Å². The molecule has 1 aliphatic heterocycles. The van der Waals surface area contributed by atoms with E-state index in [1.54, 1.807) is 0 Å². The van der Waals surface area contributed by atoms with E-state index in [1.165, 1.54) is 6.92 Å². The van der Waals surface area contributed by atoms with Crippen molar-refractivity contribution in [3.8, 4) is 0 Å². The van der Waals surface area contributed by atoms with E-state index in [2.05, 4.69) is 34.6 Å². The fourth-order valence-electron chi connectivity index (χ4n) is 11.7. The standard InChI is InChI=1S/C37H63O16PS/c1-19(2)9-8-10-20(3)31-29(49-22(5)39)17-26-24-16-28(51-54(43,44)52-35-34(42)33(41)32(40)30(50-35)18-48-21(4)38)27-15-23(53-55(45,46)47)11-13-36(27,6)25(24)12-14-37(26,31)7/h19-20,23-35,40-42H,8-18H2,1-7H3,(H,43,44)(H,45,46,47)/t20-,23+,24-,25-,26-,27-,28+,29+,30-,31+,32-,33+,34-,35+,36-,37+/m1/s1. The summed E-state index contributed by atoms with van der Waals surface area (Å²) < 4.78 is 80.0. The van der Waals surface area contributed by atoms with Gasteiger partial charge in [-0.3, -0.25) is 23.2 Å². The molecule has 0 aromatic carbocycles. The van der Waals surface area contributed by atoms with Gasteiger partial charge in [0.05, 0.1) is 12.2 Å². The number of carbonyl (C=O) groups is 2. The molecule has 1 saturated heterocycles. The van der Waals surface area contributed by atoms with Crippen LogP contribution in [0.5, 0.6) is 0 Å². The van der Waals surface area contributed by atoms with Gasteiger partial charge in [0, 0.05) is 19.8 Å². The lowest BCUT2D eigenvalue weighted by Crippen LogP contribution is -2.59. The van der Waals surface area contributed by atoms with Gasteiger partial charge in [-0.1, -0.05) is 53.9 Å². The van der Waals surface area contributed by atoms with Crippen molar-refractivity contribution in [1.82, 2.24) is 0 Å². The van der Waals surface area contributed by atoms with Crippen LogP contribution in [0.15, 0.2) is 0 Å². The number of aliphatic hydroxyl groups excluding tert-OH is 3. The van der Waals surface area contributed by atoms with Crippen LogP contribution in [0.2, 0.25) is 0 Å². The van der Waals surface area contributed by atoms with Crippen LogP contribution in [0.3, 0.4) is 0 Å². The highest BCUT2D eigenvalue weighted by atomic mass is 32.3. The lowest BCUT2D eigenvalue weighted by atomic mass is 9.43. The largest absolute Gasteiger partial charge is 0.474 e. The van der Waals surface area contributed by atoms with E-state index in [9.17, 15) is 47.3 Å². The summed E-state index contributed by atoms with van der Waals surface area (Å²) in [6, 6.07) is 0. The molecule has 5 rings (SSSR count). The van der Waals surface area contributed by atoms with Gasteiger partial charge in [0.1, 0.15) is 37.1 Å². The highest BCUT2D eigenvalue weighted by molar-refractivity contribution is 7.80. The highest BCUT2D eigenvalue weighted by Gasteiger charge is 2.66. The zero-order chi connectivity index (χ0) is 40.8. The van der Waals surface area contributed by atoms with Gasteiger partial charge in [0.25, 0.3) is 0 Å². The van der Waals surface area contributed by atoms with Crippen LogP contribution in [0, 0.1) is 52.3 Å². The monoisotopic (exact) mass is 826 g/mol. The van der Waals surface area contributed by atoms with Crippen molar-refractivity contribution in [1.29, 1.82) is 0 Å². The number of hydrogen-bond donors (Lipinski definition) is 5. The molecular formula is C37H63O16PS. The fraction of sp³-hybridized carbons (Fsp3) is 0.946. The minimum absolute atomic E-state index is 0.0448. The third kappa shape index (κ3) is 9.97. The lowest BCUT2D eigenvalue weighted by molar-refractivity contribution is -0.283. The molecule has 0 bridgehead atoms. The summed E-state index contributed by atoms with van der Waals surface area (Å²) in [4.78, 5) is 35.2. The summed E-state index contributed by atoms with van der Waals surface area (Å²) >= 11 is 0. The second-order valence-electron chi connectivity index (χ2n) is 17.9. The Bertz CT molecular complexity index is 1530. The minimum atomic E-state index is -5.17. The maximum atomic E-state index is 13.9. The first-order valence-electron chi connectivity index (χ1n) is 19.8. The molecule has 55 heavy (non-hydrogen) atoms. The average Bonchev–Trinajstić information content (AvgIpc) is 3.35. The van der Waals surface area contributed by atoms with Crippen LogP contribution < -0.4 is 0 Å². The maximum Gasteiger partial charge on any atom is 0.474 e. The van der Waals surface area contributed by atoms with Crippen molar-refractivity contribution in [2.45, 2.75) is 162 Å². The van der Waals surface area contributed by atoms with Gasteiger partial charge in [-0.05, 0) is 91.3 Å². The normalized spacial score (nSPS) is 43.4. The second kappa shape index (κ2) is 17.2. The first kappa shape index (κ1) is 44.9. The number of hydrogen-bond acceptors (Lipinski definition) is 14. The summed E-state index contributed by atoms with van der Waals surface area (Å²) in [5.41, 5.74) is -0.743. The Labute approximate surface area is 324 Å². The maximum absolute atomic E-state index is 13.9. The molecule has 1 unspecified atom stereocenters. The third-order valence-electron chi connectivity index (χ3n) is 13.9. The van der Waals surface area contributed by atoms with Crippen molar-refractivity contribution in [2.75, 3.05) is 6.61 Å². The molecule has 1 heterocycles. The molecule has 0 amide bonds. The molecule has 0 spiro atoms. The van der Waals surface area contributed by atoms with E-state index in [1.807, 2.05) is 0 Å². The molecule has 0 radical (unpaired) electrons. The Kier molecular flexibility index (Phi) is 14.0. The van der Waals surface area contributed by atoms with E-state index in [0.29, 0.717) is 25.2 Å². The molecular weight excluding hydrogens is 763 g/mol. The number of aliphatic hydroxyl groups is 3. The van der Waals surface area contributed by atoms with Gasteiger partial charge >= 0.3 is 30.2 Å². The van der Waals surface area contributed by atoms with E-state index in [4.69, 9.17) is 27.4 Å². The average molecular weight is 827 g/mol. The highest BCUT2D eigenvalue weighted by Crippen LogP contribution is 2.70. The van der Waals surface area contributed by atoms with Crippen molar-refractivity contribution in [3.05, 3.63) is 0 Å². The Hall–Kier alpha value is -1.24. The number of ether oxygens (including phenoxy) is 3. The van der Waals surface area contributed by atoms with E-state index in [-0.39, 0.29) is 59.9 Å². The van der Waals surface area contributed by atoms with Crippen LogP contribution in [0.4, 0.5) is 0 Å². The van der Waals surface area contributed by atoms with Gasteiger partial charge in [-0.25, -0.2) is 8.75 Å². The minimum Gasteiger partial charge on any atom is -0.463 e. The van der Waals surface area contributed by atoms with Crippen molar-refractivity contribution >= 4 is 30.2 Å². The third-order valence-corrected chi connectivity index (χ3v) is 15.5. The number of phosphoric ester groups is 1. The van der Waals surface area contributed by atoms with Gasteiger partial charge in [0.2, 0.25) is 0 Å². The van der Waals surface area contributed by atoms with Gasteiger partial charge in [-0.15, -0.1) is 0 Å². The lowest BCUT2D eigenvalue weighted by Gasteiger charge is -2.62. The van der Waals surface area contributed by atoms with Crippen LogP contribution in [-0.2, 0) is 52.0 Å². The first-order chi connectivity index (χ1) is 25.5. The predicted molar refractivity (Wildman–Crippen MR) is 195 cm³/mol. The molecule has 0 aromatic heterocycles. The Morgan fingerprint density at radius 3 is 2.15 bits per heavy atom. The summed E-state index contributed by atoms with van der Waals surface area (Å²) in [6.07, 6.45) is -4.51. The molecule has 4 aliphatic carbocycles. The Morgan fingerprint density at radius 1 is 0.855 bits per heavy atom. The van der Waals surface area contributed by atoms with Crippen LogP contribution in [0.25, 0.3) is 0 Å². The van der Waals surface area contributed by atoms with Crippen LogP contribution >= 0.6 is 7.82 Å². The molecule has 4 saturated carbocycles. The molecule has 318 valence electrons. The fourth-order valence-corrected chi connectivity index (χ4v) is 13.3. The quantitative estimate of drug-likeness (QED) is 0.0931. The number of rotatable bonds is 14. The summed E-state index contributed by atoms with van der Waals surface area (Å²) in [5, 5.41) is 31.6. The molecule has 0 aromatic rings. The molecule has 16 nitrogen and oxygen atoms in total. The number of phosphoric acid groups is 1. The van der Waals surface area contributed by atoms with Crippen molar-refractivity contribution in [3.63, 3.8) is 0 Å². The first-order valence-corrected chi connectivity index (χ1v) is 22.7. The van der Waals surface area contributed by atoms with Gasteiger partial charge in [-0.2, -0.15) is 8.42 Å². The summed E-state index contributed by atoms with van der Waals surface area (Å²) in [6.45, 7) is 13.0. The van der Waals surface area contributed by atoms with E-state index >= 15 is 0 Å². The number of esters is 2. The smallest absolute Gasteiger partial charge is 0.463 e. The SMILES string of the molecule is CC(=O)OC[C@H]1O[C@@H](OP(=O)(O)O[C@H]2C[C@@H]3[C@@H](CC[C@]4(C)[C@@H]([C@H](C)CCCC(C)C)[C@@H](OC(C)=O)C[C@H]34)[C@@]3(C)CC[C@H](OS(=O)(=O)O)C[C@H]23)[C@H](O)[C@@H](O)[C@@H]1O. The Morgan fingerprint density at radius 2 is 1.53 bits per heavy atom. The summed E-state index contributed by atoms with van der Waals surface area (Å²) in [7, 11) is -9.97. The molecule has 5 fully saturated rings. The van der Waals surface area contributed by atoms with Gasteiger partial charge < -0.3 is 34.4 Å². The second-order valence-corrected chi connectivity index (χ2v) is 20.3. The molecule has 5 N–H and O–H groups in total. The van der Waals surface area contributed by atoms with Crippen molar-refractivity contribution in [2.24, 2.45) is 52.3 Å². The van der Waals surface area contributed by atoms with Crippen LogP contribution in [0.1, 0.15) is 113 Å². The number of carbonyl (C=O) groups excluding carboxylic acids is 2. The molecule has 5 aliphatic rings. The van der Waals surface area contributed by atoms with E-state index < -0.39 is 85.0 Å². The molecule has 18 heteroatoms. The molecule has 17 atom stereocenters. The zero-order valence-electron chi connectivity index (χ0n) is 33.0. The topological polar surface area (TPSA) is 242 Å². The summed E-state index contributed by atoms with van der Waals surface area (Å²) in [5.74, 6) is -0.512. The Balaban J connectivity index is 1.45. The van der Waals surface area contributed by atoms with Gasteiger partial charge in [0.15, 0.2) is 6.29 Å². The predicted octanol–water partition coefficient (Wildman–Crippen LogP) is 4.32. The number of fused-ring (bicyclic) bond motifs is 5. The van der Waals surface area contributed by atoms with E-state index in [0.717, 1.165) is 39.0 Å². The van der Waals surface area contributed by atoms with Crippen molar-refractivity contribution < 1.29 is 74.8 Å².